The molecule has 2 N–H and O–H groups in total. The summed E-state index contributed by atoms with van der Waals surface area (Å²) >= 11 is 0. The van der Waals surface area contributed by atoms with Crippen LogP contribution in [0.2, 0.25) is 0 Å². The number of aliphatic hydroxyl groups is 1. The molecule has 0 aliphatic rings. The second-order valence-electron chi connectivity index (χ2n) is 3.13. The van der Waals surface area contributed by atoms with Crippen LogP contribution in [0.15, 0.2) is 24.3 Å². The average Bonchev–Trinajstić information content (AvgIpc) is 2.06. The molecule has 0 aliphatic carbocycles. The van der Waals surface area contributed by atoms with E-state index in [-0.39, 0.29) is 6.61 Å². The predicted octanol–water partition coefficient (Wildman–Crippen LogP) is 1.03. The van der Waals surface area contributed by atoms with Crippen LogP contribution in [0.3, 0.4) is 0 Å². The predicted molar refractivity (Wildman–Crippen MR) is 59.4 cm³/mol. The van der Waals surface area contributed by atoms with Crippen LogP contribution < -0.4 is 0 Å². The Hall–Kier alpha value is -0.910. The van der Waals surface area contributed by atoms with E-state index in [1.165, 1.54) is 11.1 Å². The molecule has 1 aromatic rings. The Morgan fingerprint density at radius 1 is 1.27 bits per heavy atom. The molecule has 1 aromatic carbocycles. The quantitative estimate of drug-likeness (QED) is 0.747. The molecule has 0 atom stereocenters. The van der Waals surface area contributed by atoms with Crippen LogP contribution in [-0.4, -0.2) is 30.9 Å². The SMILES string of the molecule is CS(=O)(=O)O.Cc1ccccc1CCO. The van der Waals surface area contributed by atoms with Crippen LogP contribution in [0.25, 0.3) is 0 Å². The summed E-state index contributed by atoms with van der Waals surface area (Å²) in [5.41, 5.74) is 2.50. The van der Waals surface area contributed by atoms with E-state index < -0.39 is 10.1 Å². The maximum atomic E-state index is 9.19. The van der Waals surface area contributed by atoms with Gasteiger partial charge >= 0.3 is 0 Å². The van der Waals surface area contributed by atoms with Crippen LogP contribution >= 0.6 is 0 Å². The fourth-order valence-electron chi connectivity index (χ4n) is 1.01. The molecule has 0 aliphatic heterocycles. The van der Waals surface area contributed by atoms with E-state index in [1.54, 1.807) is 0 Å². The van der Waals surface area contributed by atoms with Gasteiger partial charge in [0.1, 0.15) is 0 Å². The summed E-state index contributed by atoms with van der Waals surface area (Å²) in [7, 11) is -3.67. The molecule has 4 nitrogen and oxygen atoms in total. The van der Waals surface area contributed by atoms with E-state index in [4.69, 9.17) is 9.66 Å². The van der Waals surface area contributed by atoms with Gasteiger partial charge in [-0.3, -0.25) is 4.55 Å². The van der Waals surface area contributed by atoms with Gasteiger partial charge in [0.15, 0.2) is 0 Å². The van der Waals surface area contributed by atoms with E-state index in [2.05, 4.69) is 13.0 Å². The van der Waals surface area contributed by atoms with Crippen molar-refractivity contribution in [1.29, 1.82) is 0 Å². The van der Waals surface area contributed by atoms with Gasteiger partial charge in [0.25, 0.3) is 10.1 Å². The van der Waals surface area contributed by atoms with Crippen molar-refractivity contribution in [3.8, 4) is 0 Å². The van der Waals surface area contributed by atoms with Crippen LogP contribution in [0.5, 0.6) is 0 Å². The zero-order valence-corrected chi connectivity index (χ0v) is 9.66. The lowest BCUT2D eigenvalue weighted by atomic mass is 10.1. The molecule has 0 aromatic heterocycles. The second-order valence-corrected chi connectivity index (χ2v) is 4.60. The Labute approximate surface area is 90.3 Å². The summed E-state index contributed by atoms with van der Waals surface area (Å²) in [6.07, 6.45) is 1.49. The third-order valence-electron chi connectivity index (χ3n) is 1.64. The van der Waals surface area contributed by atoms with Crippen LogP contribution in [-0.2, 0) is 16.5 Å². The summed E-state index contributed by atoms with van der Waals surface area (Å²) < 4.78 is 25.9. The molecule has 0 saturated carbocycles. The summed E-state index contributed by atoms with van der Waals surface area (Å²) in [5.74, 6) is 0. The van der Waals surface area contributed by atoms with Gasteiger partial charge in [0.05, 0.1) is 6.26 Å². The second kappa shape index (κ2) is 6.55. The van der Waals surface area contributed by atoms with Gasteiger partial charge < -0.3 is 5.11 Å². The summed E-state index contributed by atoms with van der Waals surface area (Å²) in [4.78, 5) is 0. The molecule has 0 bridgehead atoms. The first-order valence-corrected chi connectivity index (χ1v) is 6.27. The number of hydrogen-bond donors (Lipinski definition) is 2. The van der Waals surface area contributed by atoms with Gasteiger partial charge in [0, 0.05) is 6.61 Å². The monoisotopic (exact) mass is 232 g/mol. The number of aryl methyl sites for hydroxylation is 1. The van der Waals surface area contributed by atoms with Crippen molar-refractivity contribution in [2.24, 2.45) is 0 Å². The number of rotatable bonds is 2. The van der Waals surface area contributed by atoms with Crippen LogP contribution in [0.1, 0.15) is 11.1 Å². The molecule has 15 heavy (non-hydrogen) atoms. The Balaban J connectivity index is 0.000000336. The zero-order chi connectivity index (χ0) is 11.9. The van der Waals surface area contributed by atoms with Gasteiger partial charge in [-0.1, -0.05) is 24.3 Å². The standard InChI is InChI=1S/C9H12O.CH4O3S/c1-8-4-2-3-5-9(8)6-7-10;1-5(2,3)4/h2-5,10H,6-7H2,1H3;1H3,(H,2,3,4). The van der Waals surface area contributed by atoms with Crippen molar-refractivity contribution in [2.45, 2.75) is 13.3 Å². The summed E-state index contributed by atoms with van der Waals surface area (Å²) in [6, 6.07) is 8.12. The van der Waals surface area contributed by atoms with E-state index in [9.17, 15) is 8.42 Å². The molecule has 1 rings (SSSR count). The lowest BCUT2D eigenvalue weighted by molar-refractivity contribution is 0.299. The van der Waals surface area contributed by atoms with E-state index >= 15 is 0 Å². The lowest BCUT2D eigenvalue weighted by Gasteiger charge is -2.00. The van der Waals surface area contributed by atoms with Gasteiger partial charge in [-0.25, -0.2) is 0 Å². The first kappa shape index (κ1) is 14.1. The van der Waals surface area contributed by atoms with Crippen molar-refractivity contribution < 1.29 is 18.1 Å². The number of hydrogen-bond acceptors (Lipinski definition) is 3. The fourth-order valence-corrected chi connectivity index (χ4v) is 1.01. The molecule has 0 amide bonds. The highest BCUT2D eigenvalue weighted by Gasteiger charge is 1.93. The van der Waals surface area contributed by atoms with E-state index in [0.717, 1.165) is 6.42 Å². The molecular weight excluding hydrogens is 216 g/mol. The maximum absolute atomic E-state index is 9.19. The molecular formula is C10H16O4S. The van der Waals surface area contributed by atoms with Crippen LogP contribution in [0, 0.1) is 6.92 Å². The molecule has 0 saturated heterocycles. The topological polar surface area (TPSA) is 74.6 Å². The van der Waals surface area contributed by atoms with Crippen molar-refractivity contribution in [3.05, 3.63) is 35.4 Å². The normalized spacial score (nSPS) is 10.4. The largest absolute Gasteiger partial charge is 0.396 e. The Bertz CT molecular complexity index is 376. The molecule has 0 radical (unpaired) electrons. The van der Waals surface area contributed by atoms with E-state index in [1.807, 2.05) is 18.2 Å². The van der Waals surface area contributed by atoms with Crippen LogP contribution in [0.4, 0.5) is 0 Å². The summed E-state index contributed by atoms with van der Waals surface area (Å²) in [5, 5.41) is 8.64. The fraction of sp³-hybridized carbons (Fsp3) is 0.400. The van der Waals surface area contributed by atoms with Crippen molar-refractivity contribution >= 4 is 10.1 Å². The van der Waals surface area contributed by atoms with Crippen molar-refractivity contribution in [3.63, 3.8) is 0 Å². The number of aliphatic hydroxyl groups excluding tert-OH is 1. The molecule has 0 fully saturated rings. The minimum atomic E-state index is -3.67. The van der Waals surface area contributed by atoms with Gasteiger partial charge in [-0.2, -0.15) is 8.42 Å². The highest BCUT2D eigenvalue weighted by Crippen LogP contribution is 2.06. The molecule has 5 heteroatoms. The highest BCUT2D eigenvalue weighted by atomic mass is 32.2. The third kappa shape index (κ3) is 9.40. The minimum Gasteiger partial charge on any atom is -0.396 e. The van der Waals surface area contributed by atoms with Gasteiger partial charge in [0.2, 0.25) is 0 Å². The average molecular weight is 232 g/mol. The van der Waals surface area contributed by atoms with Gasteiger partial charge in [-0.15, -0.1) is 0 Å². The first-order valence-electron chi connectivity index (χ1n) is 4.42. The minimum absolute atomic E-state index is 0.241. The molecule has 0 spiro atoms. The Morgan fingerprint density at radius 2 is 1.73 bits per heavy atom. The lowest BCUT2D eigenvalue weighted by Crippen LogP contribution is -1.92. The number of benzene rings is 1. The Morgan fingerprint density at radius 3 is 2.13 bits per heavy atom. The Kier molecular flexibility index (Phi) is 6.15. The van der Waals surface area contributed by atoms with Crippen molar-refractivity contribution in [2.75, 3.05) is 12.9 Å². The third-order valence-corrected chi connectivity index (χ3v) is 1.64. The van der Waals surface area contributed by atoms with Crippen molar-refractivity contribution in [1.82, 2.24) is 0 Å². The smallest absolute Gasteiger partial charge is 0.261 e. The zero-order valence-electron chi connectivity index (χ0n) is 8.84. The molecule has 0 heterocycles. The van der Waals surface area contributed by atoms with Gasteiger partial charge in [-0.05, 0) is 24.5 Å². The van der Waals surface area contributed by atoms with E-state index in [0.29, 0.717) is 6.26 Å². The first-order chi connectivity index (χ1) is 6.84. The molecule has 0 unspecified atom stereocenters. The maximum Gasteiger partial charge on any atom is 0.261 e. The summed E-state index contributed by atoms with van der Waals surface area (Å²) in [6.45, 7) is 2.30. The highest BCUT2D eigenvalue weighted by molar-refractivity contribution is 7.85. The molecule has 86 valence electrons.